The number of amides is 1. The van der Waals surface area contributed by atoms with E-state index < -0.39 is 11.9 Å². The largest absolute Gasteiger partial charge is 0.550 e. The first kappa shape index (κ1) is 18.2. The molecule has 1 heterocycles. The zero-order valence-corrected chi connectivity index (χ0v) is 14.4. The molecule has 0 saturated carbocycles. The number of carboxylic acids is 1. The maximum absolute atomic E-state index is 12.3. The topological polar surface area (TPSA) is 86.7 Å². The number of carbonyl (C=O) groups excluding carboxylic acids is 3. The van der Waals surface area contributed by atoms with Crippen LogP contribution in [-0.2, 0) is 14.3 Å². The number of ether oxygens (including phenoxy) is 1. The second kappa shape index (κ2) is 8.07. The first-order valence-electron chi connectivity index (χ1n) is 7.06. The maximum atomic E-state index is 12.3. The van der Waals surface area contributed by atoms with Crippen LogP contribution in [0.1, 0.15) is 28.8 Å². The van der Waals surface area contributed by atoms with Crippen LogP contribution in [0.2, 0.25) is 0 Å². The highest BCUT2D eigenvalue weighted by atomic mass is 32.2. The molecule has 0 aliphatic carbocycles. The number of hydrogen-bond donors (Lipinski definition) is 0. The van der Waals surface area contributed by atoms with E-state index in [4.69, 9.17) is 12.2 Å². The lowest BCUT2D eigenvalue weighted by molar-refractivity contribution is -0.305. The number of carboxylic acid groups (broad SMARTS) is 1. The Morgan fingerprint density at radius 1 is 1.33 bits per heavy atom. The minimum Gasteiger partial charge on any atom is -0.550 e. The zero-order valence-electron chi connectivity index (χ0n) is 12.8. The van der Waals surface area contributed by atoms with Crippen molar-refractivity contribution < 1.29 is 24.2 Å². The molecule has 0 aromatic heterocycles. The van der Waals surface area contributed by atoms with E-state index in [-0.39, 0.29) is 25.3 Å². The van der Waals surface area contributed by atoms with Gasteiger partial charge in [-0.2, -0.15) is 0 Å². The van der Waals surface area contributed by atoms with E-state index in [9.17, 15) is 19.5 Å². The van der Waals surface area contributed by atoms with Gasteiger partial charge in [-0.1, -0.05) is 36.1 Å². The van der Waals surface area contributed by atoms with E-state index in [1.165, 1.54) is 12.0 Å². The summed E-state index contributed by atoms with van der Waals surface area (Å²) in [5.74, 6) is -1.83. The molecular weight excluding hydrogens is 350 g/mol. The van der Waals surface area contributed by atoms with Gasteiger partial charge in [0.25, 0.3) is 5.91 Å². The summed E-state index contributed by atoms with van der Waals surface area (Å²) in [6.45, 7) is 0.247. The normalized spacial score (nSPS) is 15.9. The van der Waals surface area contributed by atoms with E-state index in [2.05, 4.69) is 4.74 Å². The molecule has 6 nitrogen and oxygen atoms in total. The highest BCUT2D eigenvalue weighted by Gasteiger charge is 2.31. The fourth-order valence-electron chi connectivity index (χ4n) is 2.06. The molecule has 1 aliphatic rings. The summed E-state index contributed by atoms with van der Waals surface area (Å²) < 4.78 is 5.03. The summed E-state index contributed by atoms with van der Waals surface area (Å²) in [5, 5.41) is 10.4. The molecule has 126 valence electrons. The quantitative estimate of drug-likeness (QED) is 0.426. The Kier molecular flexibility index (Phi) is 6.10. The molecule has 0 bridgehead atoms. The molecule has 1 saturated heterocycles. The zero-order chi connectivity index (χ0) is 17.7. The van der Waals surface area contributed by atoms with Crippen molar-refractivity contribution in [3.8, 4) is 0 Å². The van der Waals surface area contributed by atoms with Crippen LogP contribution in [0.15, 0.2) is 29.2 Å². The van der Waals surface area contributed by atoms with Crippen LogP contribution in [0.4, 0.5) is 0 Å². The predicted octanol–water partition coefficient (Wildman–Crippen LogP) is 1.20. The standard InChI is InChI=1S/C16H15NO5S2/c1-22-15(21)11-6-4-10(5-7-11)9-12-14(20)17(16(23)24-12)8-2-3-13(18)19/h4-7,9H,2-3,8H2,1H3,(H,18,19)/p-1/b12-9+. The van der Waals surface area contributed by atoms with Crippen molar-refractivity contribution in [2.45, 2.75) is 12.8 Å². The van der Waals surface area contributed by atoms with Gasteiger partial charge < -0.3 is 14.6 Å². The van der Waals surface area contributed by atoms with Crippen molar-refractivity contribution in [1.29, 1.82) is 0 Å². The smallest absolute Gasteiger partial charge is 0.337 e. The van der Waals surface area contributed by atoms with Crippen molar-refractivity contribution in [2.24, 2.45) is 0 Å². The van der Waals surface area contributed by atoms with Crippen molar-refractivity contribution in [3.63, 3.8) is 0 Å². The fraction of sp³-hybridized carbons (Fsp3) is 0.250. The molecule has 1 aromatic carbocycles. The number of hydrogen-bond acceptors (Lipinski definition) is 7. The summed E-state index contributed by atoms with van der Waals surface area (Å²) in [4.78, 5) is 36.0. The molecule has 0 N–H and O–H groups in total. The number of rotatable bonds is 6. The lowest BCUT2D eigenvalue weighted by Crippen LogP contribution is -2.30. The number of benzene rings is 1. The molecule has 0 atom stereocenters. The van der Waals surface area contributed by atoms with Crippen molar-refractivity contribution in [2.75, 3.05) is 13.7 Å². The monoisotopic (exact) mass is 364 g/mol. The molecule has 1 aromatic rings. The number of thioether (sulfide) groups is 1. The Balaban J connectivity index is 2.07. The summed E-state index contributed by atoms with van der Waals surface area (Å²) in [6.07, 6.45) is 1.85. The fourth-order valence-corrected chi connectivity index (χ4v) is 3.37. The average molecular weight is 364 g/mol. The Labute approximate surface area is 148 Å². The van der Waals surface area contributed by atoms with E-state index in [0.717, 1.165) is 17.3 Å². The molecule has 1 amide bonds. The van der Waals surface area contributed by atoms with E-state index in [0.29, 0.717) is 14.8 Å². The van der Waals surface area contributed by atoms with E-state index in [1.807, 2.05) is 0 Å². The number of thiocarbonyl (C=S) groups is 1. The third-order valence-corrected chi connectivity index (χ3v) is 4.64. The third kappa shape index (κ3) is 4.42. The molecule has 1 fully saturated rings. The van der Waals surface area contributed by atoms with Crippen LogP contribution in [0.25, 0.3) is 6.08 Å². The molecule has 8 heteroatoms. The Morgan fingerprint density at radius 2 is 2.00 bits per heavy atom. The lowest BCUT2D eigenvalue weighted by atomic mass is 10.1. The van der Waals surface area contributed by atoms with Crippen LogP contribution in [0.5, 0.6) is 0 Å². The van der Waals surface area contributed by atoms with Gasteiger partial charge in [0.2, 0.25) is 0 Å². The summed E-state index contributed by atoms with van der Waals surface area (Å²) in [6, 6.07) is 6.63. The third-order valence-electron chi connectivity index (χ3n) is 3.27. The summed E-state index contributed by atoms with van der Waals surface area (Å²) in [7, 11) is 1.31. The molecule has 0 radical (unpaired) electrons. The number of methoxy groups -OCH3 is 1. The van der Waals surface area contributed by atoms with E-state index in [1.54, 1.807) is 30.3 Å². The van der Waals surface area contributed by atoms with Gasteiger partial charge in [0.1, 0.15) is 4.32 Å². The van der Waals surface area contributed by atoms with Crippen molar-refractivity contribution >= 4 is 52.2 Å². The van der Waals surface area contributed by atoms with Crippen LogP contribution >= 0.6 is 24.0 Å². The second-order valence-corrected chi connectivity index (χ2v) is 6.60. The van der Waals surface area contributed by atoms with Gasteiger partial charge in [0.05, 0.1) is 17.6 Å². The first-order valence-corrected chi connectivity index (χ1v) is 8.28. The lowest BCUT2D eigenvalue weighted by Gasteiger charge is -2.14. The molecule has 24 heavy (non-hydrogen) atoms. The molecular formula is C16H14NO5S2-. The van der Waals surface area contributed by atoms with Gasteiger partial charge in [-0.3, -0.25) is 9.69 Å². The minimum atomic E-state index is -1.15. The minimum absolute atomic E-state index is 0.120. The second-order valence-electron chi connectivity index (χ2n) is 4.92. The summed E-state index contributed by atoms with van der Waals surface area (Å²) >= 11 is 6.33. The number of nitrogens with zero attached hydrogens (tertiary/aromatic N) is 1. The molecule has 0 unspecified atom stereocenters. The highest BCUT2D eigenvalue weighted by Crippen LogP contribution is 2.32. The Bertz CT molecular complexity index is 712. The summed E-state index contributed by atoms with van der Waals surface area (Å²) in [5.41, 5.74) is 1.17. The molecule has 0 spiro atoms. The molecule has 1 aliphatic heterocycles. The van der Waals surface area contributed by atoms with Crippen molar-refractivity contribution in [3.05, 3.63) is 40.3 Å². The predicted molar refractivity (Wildman–Crippen MR) is 91.9 cm³/mol. The first-order chi connectivity index (χ1) is 11.4. The highest BCUT2D eigenvalue weighted by molar-refractivity contribution is 8.26. The van der Waals surface area contributed by atoms with Gasteiger partial charge in [-0.25, -0.2) is 4.79 Å². The Morgan fingerprint density at radius 3 is 2.58 bits per heavy atom. The van der Waals surface area contributed by atoms with E-state index >= 15 is 0 Å². The maximum Gasteiger partial charge on any atom is 0.337 e. The number of carbonyl (C=O) groups is 3. The van der Waals surface area contributed by atoms with Crippen LogP contribution in [0, 0.1) is 0 Å². The Hall–Kier alpha value is -2.19. The molecule has 2 rings (SSSR count). The van der Waals surface area contributed by atoms with Gasteiger partial charge in [-0.05, 0) is 36.6 Å². The van der Waals surface area contributed by atoms with Gasteiger partial charge in [-0.15, -0.1) is 0 Å². The van der Waals surface area contributed by atoms with Crippen molar-refractivity contribution in [1.82, 2.24) is 4.90 Å². The van der Waals surface area contributed by atoms with Crippen LogP contribution < -0.4 is 5.11 Å². The van der Waals surface area contributed by atoms with Gasteiger partial charge in [0, 0.05) is 12.5 Å². The number of aliphatic carboxylic acids is 1. The van der Waals surface area contributed by atoms with Crippen LogP contribution in [-0.4, -0.2) is 40.7 Å². The number of esters is 1. The van der Waals surface area contributed by atoms with Gasteiger partial charge in [0.15, 0.2) is 0 Å². The SMILES string of the molecule is COC(=O)c1ccc(/C=C2/SC(=S)N(CCCC(=O)[O-])C2=O)cc1. The average Bonchev–Trinajstić information content (AvgIpc) is 2.82. The van der Waals surface area contributed by atoms with Gasteiger partial charge >= 0.3 is 5.97 Å². The van der Waals surface area contributed by atoms with Crippen LogP contribution in [0.3, 0.4) is 0 Å².